The number of carbonyl (C=O) groups excluding carboxylic acids is 1. The van der Waals surface area contributed by atoms with E-state index in [1.165, 1.54) is 13.1 Å². The highest BCUT2D eigenvalue weighted by molar-refractivity contribution is 7.89. The summed E-state index contributed by atoms with van der Waals surface area (Å²) in [5.74, 6) is 0.167. The molecule has 20 heavy (non-hydrogen) atoms. The van der Waals surface area contributed by atoms with E-state index in [4.69, 9.17) is 5.73 Å². The van der Waals surface area contributed by atoms with Crippen molar-refractivity contribution in [2.75, 3.05) is 12.4 Å². The molecule has 1 saturated carbocycles. The number of para-hydroxylation sites is 1. The summed E-state index contributed by atoms with van der Waals surface area (Å²) >= 11 is 0. The Labute approximate surface area is 118 Å². The van der Waals surface area contributed by atoms with E-state index < -0.39 is 10.0 Å². The Morgan fingerprint density at radius 2 is 2.05 bits per heavy atom. The van der Waals surface area contributed by atoms with Crippen LogP contribution in [-0.2, 0) is 14.8 Å². The van der Waals surface area contributed by atoms with Crippen molar-refractivity contribution in [1.29, 1.82) is 0 Å². The molecule has 1 fully saturated rings. The molecule has 110 valence electrons. The van der Waals surface area contributed by atoms with E-state index in [2.05, 4.69) is 10.0 Å². The number of benzene rings is 1. The number of anilines is 1. The molecule has 1 aromatic carbocycles. The molecule has 0 saturated heterocycles. The molecule has 0 aliphatic heterocycles. The second-order valence-corrected chi connectivity index (χ2v) is 6.81. The minimum Gasteiger partial charge on any atom is -0.327 e. The number of nitrogens with one attached hydrogen (secondary N) is 2. The Morgan fingerprint density at radius 3 is 2.65 bits per heavy atom. The normalized spacial score (nSPS) is 16.7. The van der Waals surface area contributed by atoms with Gasteiger partial charge in [0.05, 0.1) is 5.69 Å². The molecular weight excluding hydrogens is 278 g/mol. The minimum absolute atomic E-state index is 0.0517. The number of sulfonamides is 1. The second-order valence-electron chi connectivity index (χ2n) is 4.96. The van der Waals surface area contributed by atoms with Gasteiger partial charge in [0.15, 0.2) is 0 Å². The van der Waals surface area contributed by atoms with Crippen LogP contribution in [0.5, 0.6) is 0 Å². The molecule has 0 spiro atoms. The Balaban J connectivity index is 2.11. The molecule has 7 heteroatoms. The van der Waals surface area contributed by atoms with Crippen molar-refractivity contribution >= 4 is 21.6 Å². The van der Waals surface area contributed by atoms with E-state index in [1.807, 2.05) is 0 Å². The van der Waals surface area contributed by atoms with Gasteiger partial charge in [0, 0.05) is 12.5 Å². The summed E-state index contributed by atoms with van der Waals surface area (Å²) < 4.78 is 25.9. The first-order chi connectivity index (χ1) is 9.44. The third-order valence-electron chi connectivity index (χ3n) is 3.37. The number of hydrogen-bond acceptors (Lipinski definition) is 4. The van der Waals surface area contributed by atoms with Gasteiger partial charge in [-0.3, -0.25) is 4.79 Å². The zero-order valence-electron chi connectivity index (χ0n) is 11.3. The first-order valence-corrected chi connectivity index (χ1v) is 8.00. The van der Waals surface area contributed by atoms with Crippen LogP contribution >= 0.6 is 0 Å². The standard InChI is InChI=1S/C13H19N3O3S/c1-15-20(18,19)12-5-3-2-4-11(12)16-13(17)8-10(14)9-6-7-9/h2-5,9-10,15H,6-8,14H2,1H3,(H,16,17). The largest absolute Gasteiger partial charge is 0.327 e. The van der Waals surface area contributed by atoms with Gasteiger partial charge in [0.2, 0.25) is 15.9 Å². The number of nitrogens with two attached hydrogens (primary N) is 1. The quantitative estimate of drug-likeness (QED) is 0.718. The van der Waals surface area contributed by atoms with Gasteiger partial charge < -0.3 is 11.1 Å². The summed E-state index contributed by atoms with van der Waals surface area (Å²) in [6.45, 7) is 0. The van der Waals surface area contributed by atoms with Crippen molar-refractivity contribution < 1.29 is 13.2 Å². The molecule has 1 aromatic rings. The number of amides is 1. The summed E-state index contributed by atoms with van der Waals surface area (Å²) in [4.78, 5) is 12.0. The third-order valence-corrected chi connectivity index (χ3v) is 4.84. The second kappa shape index (κ2) is 5.90. The van der Waals surface area contributed by atoms with E-state index >= 15 is 0 Å². The molecule has 0 aromatic heterocycles. The molecule has 1 aliphatic carbocycles. The van der Waals surface area contributed by atoms with Crippen molar-refractivity contribution in [3.8, 4) is 0 Å². The molecule has 0 radical (unpaired) electrons. The van der Waals surface area contributed by atoms with Crippen LogP contribution in [0.15, 0.2) is 29.2 Å². The zero-order chi connectivity index (χ0) is 14.8. The molecule has 0 bridgehead atoms. The van der Waals surface area contributed by atoms with Crippen molar-refractivity contribution in [2.45, 2.75) is 30.2 Å². The lowest BCUT2D eigenvalue weighted by Gasteiger charge is -2.13. The van der Waals surface area contributed by atoms with Gasteiger partial charge in [-0.05, 0) is 37.9 Å². The van der Waals surface area contributed by atoms with Crippen molar-refractivity contribution in [1.82, 2.24) is 4.72 Å². The number of hydrogen-bond donors (Lipinski definition) is 3. The van der Waals surface area contributed by atoms with Crippen molar-refractivity contribution in [2.24, 2.45) is 11.7 Å². The van der Waals surface area contributed by atoms with Crippen LogP contribution in [-0.4, -0.2) is 27.4 Å². The van der Waals surface area contributed by atoms with Gasteiger partial charge in [0.1, 0.15) is 4.90 Å². The number of carbonyl (C=O) groups is 1. The van der Waals surface area contributed by atoms with Crippen molar-refractivity contribution in [3.05, 3.63) is 24.3 Å². The lowest BCUT2D eigenvalue weighted by atomic mass is 10.1. The highest BCUT2D eigenvalue weighted by Gasteiger charge is 2.30. The van der Waals surface area contributed by atoms with Gasteiger partial charge in [-0.25, -0.2) is 13.1 Å². The molecule has 2 rings (SSSR count). The molecular formula is C13H19N3O3S. The van der Waals surface area contributed by atoms with E-state index in [1.54, 1.807) is 18.2 Å². The SMILES string of the molecule is CNS(=O)(=O)c1ccccc1NC(=O)CC(N)C1CC1. The van der Waals surface area contributed by atoms with Crippen LogP contribution in [0.2, 0.25) is 0 Å². The molecule has 1 unspecified atom stereocenters. The van der Waals surface area contributed by atoms with E-state index in [9.17, 15) is 13.2 Å². The maximum Gasteiger partial charge on any atom is 0.242 e. The first kappa shape index (κ1) is 15.0. The Kier molecular flexibility index (Phi) is 4.42. The Hall–Kier alpha value is -1.44. The van der Waals surface area contributed by atoms with Gasteiger partial charge in [-0.15, -0.1) is 0 Å². The molecule has 1 atom stereocenters. The van der Waals surface area contributed by atoms with E-state index in [0.29, 0.717) is 5.92 Å². The summed E-state index contributed by atoms with van der Waals surface area (Å²) in [5.41, 5.74) is 6.17. The molecule has 4 N–H and O–H groups in total. The lowest BCUT2D eigenvalue weighted by Crippen LogP contribution is -2.29. The predicted octanol–water partition coefficient (Wildman–Crippen LogP) is 0.661. The molecule has 1 amide bonds. The average molecular weight is 297 g/mol. The summed E-state index contributed by atoms with van der Waals surface area (Å²) in [5, 5.41) is 2.63. The van der Waals surface area contributed by atoms with Gasteiger partial charge >= 0.3 is 0 Å². The van der Waals surface area contributed by atoms with Crippen LogP contribution < -0.4 is 15.8 Å². The van der Waals surface area contributed by atoms with Crippen LogP contribution in [0.4, 0.5) is 5.69 Å². The Bertz CT molecular complexity index is 597. The maximum absolute atomic E-state index is 11.9. The van der Waals surface area contributed by atoms with Crippen LogP contribution in [0, 0.1) is 5.92 Å². The fourth-order valence-corrected chi connectivity index (χ4v) is 2.91. The number of rotatable bonds is 6. The molecule has 6 nitrogen and oxygen atoms in total. The van der Waals surface area contributed by atoms with Gasteiger partial charge in [-0.1, -0.05) is 12.1 Å². The molecule has 1 aliphatic rings. The fraction of sp³-hybridized carbons (Fsp3) is 0.462. The third kappa shape index (κ3) is 3.56. The average Bonchev–Trinajstić information content (AvgIpc) is 3.23. The van der Waals surface area contributed by atoms with Crippen LogP contribution in [0.1, 0.15) is 19.3 Å². The van der Waals surface area contributed by atoms with E-state index in [-0.39, 0.29) is 29.0 Å². The smallest absolute Gasteiger partial charge is 0.242 e. The van der Waals surface area contributed by atoms with E-state index in [0.717, 1.165) is 12.8 Å². The molecule has 0 heterocycles. The zero-order valence-corrected chi connectivity index (χ0v) is 12.1. The minimum atomic E-state index is -3.60. The van der Waals surface area contributed by atoms with Gasteiger partial charge in [0.25, 0.3) is 0 Å². The summed E-state index contributed by atoms with van der Waals surface area (Å²) in [6.07, 6.45) is 2.34. The maximum atomic E-state index is 11.9. The summed E-state index contributed by atoms with van der Waals surface area (Å²) in [7, 11) is -2.27. The lowest BCUT2D eigenvalue weighted by molar-refractivity contribution is -0.116. The topological polar surface area (TPSA) is 101 Å². The van der Waals surface area contributed by atoms with Crippen molar-refractivity contribution in [3.63, 3.8) is 0 Å². The monoisotopic (exact) mass is 297 g/mol. The first-order valence-electron chi connectivity index (χ1n) is 6.52. The van der Waals surface area contributed by atoms with Crippen LogP contribution in [0.3, 0.4) is 0 Å². The predicted molar refractivity (Wildman–Crippen MR) is 76.6 cm³/mol. The summed E-state index contributed by atoms with van der Waals surface area (Å²) in [6, 6.07) is 6.14. The highest BCUT2D eigenvalue weighted by Crippen LogP contribution is 2.33. The highest BCUT2D eigenvalue weighted by atomic mass is 32.2. The Morgan fingerprint density at radius 1 is 1.40 bits per heavy atom. The van der Waals surface area contributed by atoms with Crippen LogP contribution in [0.25, 0.3) is 0 Å². The fourth-order valence-electron chi connectivity index (χ4n) is 2.02. The van der Waals surface area contributed by atoms with Gasteiger partial charge in [-0.2, -0.15) is 0 Å².